The van der Waals surface area contributed by atoms with Crippen molar-refractivity contribution in [2.24, 2.45) is 0 Å². The summed E-state index contributed by atoms with van der Waals surface area (Å²) in [4.78, 5) is 51.1. The lowest BCUT2D eigenvalue weighted by molar-refractivity contribution is 0.0846. The summed E-state index contributed by atoms with van der Waals surface area (Å²) < 4.78 is 6.99. The number of carbonyl (C=O) groups excluding carboxylic acids is 2. The van der Waals surface area contributed by atoms with E-state index in [4.69, 9.17) is 4.74 Å². The normalized spacial score (nSPS) is 10.7. The Kier molecular flexibility index (Phi) is 8.01. The molecular formula is C24H28N4O5. The van der Waals surface area contributed by atoms with Crippen molar-refractivity contribution < 1.29 is 14.3 Å². The van der Waals surface area contributed by atoms with Crippen LogP contribution in [0.4, 0.5) is 0 Å². The number of ether oxygens (including phenoxy) is 1. The molecule has 0 fully saturated rings. The maximum Gasteiger partial charge on any atom is 0.316 e. The second-order valence-electron chi connectivity index (χ2n) is 7.58. The van der Waals surface area contributed by atoms with E-state index in [1.807, 2.05) is 0 Å². The fourth-order valence-electron chi connectivity index (χ4n) is 3.41. The maximum atomic E-state index is 12.5. The number of H-pyrrole nitrogens is 1. The van der Waals surface area contributed by atoms with Gasteiger partial charge in [-0.25, -0.2) is 0 Å². The molecule has 0 radical (unpaired) electrons. The number of aryl methyl sites for hydroxylation is 1. The number of nitrogens with zero attached hydrogens (tertiary/aromatic N) is 1. The molecule has 0 aliphatic heterocycles. The molecule has 9 heteroatoms. The number of fused-ring (bicyclic) bond motifs is 1. The molecule has 2 aromatic carbocycles. The van der Waals surface area contributed by atoms with Gasteiger partial charge in [-0.2, -0.15) is 0 Å². The lowest BCUT2D eigenvalue weighted by Crippen LogP contribution is -2.41. The summed E-state index contributed by atoms with van der Waals surface area (Å²) in [5.74, 6) is -0.359. The van der Waals surface area contributed by atoms with Crippen molar-refractivity contribution in [2.45, 2.75) is 46.1 Å². The van der Waals surface area contributed by atoms with Crippen molar-refractivity contribution in [1.29, 1.82) is 0 Å². The molecule has 0 aliphatic rings. The van der Waals surface area contributed by atoms with Gasteiger partial charge in [-0.1, -0.05) is 26.2 Å². The van der Waals surface area contributed by atoms with Crippen molar-refractivity contribution in [3.63, 3.8) is 0 Å². The van der Waals surface area contributed by atoms with E-state index < -0.39 is 22.9 Å². The minimum absolute atomic E-state index is 0.214. The summed E-state index contributed by atoms with van der Waals surface area (Å²) >= 11 is 0. The first kappa shape index (κ1) is 23.8. The largest absolute Gasteiger partial charge is 0.494 e. The highest BCUT2D eigenvalue weighted by Gasteiger charge is 2.12. The van der Waals surface area contributed by atoms with E-state index in [2.05, 4.69) is 22.8 Å². The second kappa shape index (κ2) is 11.1. The molecule has 33 heavy (non-hydrogen) atoms. The van der Waals surface area contributed by atoms with Gasteiger partial charge in [-0.15, -0.1) is 0 Å². The second-order valence-corrected chi connectivity index (χ2v) is 7.58. The van der Waals surface area contributed by atoms with Crippen LogP contribution in [-0.4, -0.2) is 28.0 Å². The summed E-state index contributed by atoms with van der Waals surface area (Å²) in [5, 5.41) is 0. The van der Waals surface area contributed by atoms with E-state index in [9.17, 15) is 19.2 Å². The quantitative estimate of drug-likeness (QED) is 0.262. The number of hydrogen-bond acceptors (Lipinski definition) is 5. The highest BCUT2D eigenvalue weighted by molar-refractivity contribution is 6.00. The predicted molar refractivity (Wildman–Crippen MR) is 126 cm³/mol. The van der Waals surface area contributed by atoms with Crippen molar-refractivity contribution in [2.75, 3.05) is 6.61 Å². The maximum absolute atomic E-state index is 12.5. The molecular weight excluding hydrogens is 424 g/mol. The average Bonchev–Trinajstić information content (AvgIpc) is 2.83. The van der Waals surface area contributed by atoms with Gasteiger partial charge in [0.25, 0.3) is 11.8 Å². The van der Waals surface area contributed by atoms with Crippen LogP contribution in [0.3, 0.4) is 0 Å². The monoisotopic (exact) mass is 452 g/mol. The van der Waals surface area contributed by atoms with Gasteiger partial charge in [0.1, 0.15) is 5.75 Å². The van der Waals surface area contributed by atoms with Crippen LogP contribution >= 0.6 is 0 Å². The number of rotatable bonds is 9. The van der Waals surface area contributed by atoms with Gasteiger partial charge in [0.15, 0.2) is 0 Å². The Morgan fingerprint density at radius 3 is 2.24 bits per heavy atom. The van der Waals surface area contributed by atoms with Crippen molar-refractivity contribution >= 4 is 22.8 Å². The van der Waals surface area contributed by atoms with Gasteiger partial charge in [0, 0.05) is 17.7 Å². The molecule has 0 saturated carbocycles. The standard InChI is InChI=1S/C24H28N4O5/c1-3-5-6-7-14-33-18-11-8-16(9-12-18)21(29)26-27-22(30)17-10-13-20-19(15-17)25-23(31)24(32)28(20)4-2/h8-13,15H,3-7,14H2,1-2H3,(H,25,31)(H,26,29)(H,27,30). The molecule has 0 unspecified atom stereocenters. The van der Waals surface area contributed by atoms with E-state index in [1.165, 1.54) is 29.5 Å². The average molecular weight is 453 g/mol. The Bertz CT molecular complexity index is 1240. The van der Waals surface area contributed by atoms with E-state index in [0.29, 0.717) is 35.5 Å². The van der Waals surface area contributed by atoms with Crippen molar-refractivity contribution in [3.05, 3.63) is 74.3 Å². The number of nitrogens with one attached hydrogen (secondary N) is 3. The Labute approximate surface area is 190 Å². The SMILES string of the molecule is CCCCCCOc1ccc(C(=O)NNC(=O)c2ccc3c(c2)[nH]c(=O)c(=O)n3CC)cc1. The number of hydrazine groups is 1. The van der Waals surface area contributed by atoms with Crippen LogP contribution < -0.4 is 26.7 Å². The Morgan fingerprint density at radius 1 is 0.909 bits per heavy atom. The molecule has 0 bridgehead atoms. The van der Waals surface area contributed by atoms with Crippen LogP contribution in [0.15, 0.2) is 52.1 Å². The number of unbranched alkanes of at least 4 members (excludes halogenated alkanes) is 3. The number of benzene rings is 2. The van der Waals surface area contributed by atoms with E-state index in [1.54, 1.807) is 37.3 Å². The highest BCUT2D eigenvalue weighted by atomic mass is 16.5. The van der Waals surface area contributed by atoms with Crippen molar-refractivity contribution in [1.82, 2.24) is 20.4 Å². The van der Waals surface area contributed by atoms with Gasteiger partial charge in [-0.3, -0.25) is 30.0 Å². The van der Waals surface area contributed by atoms with Crippen LogP contribution in [0.25, 0.3) is 11.0 Å². The Morgan fingerprint density at radius 2 is 1.58 bits per heavy atom. The van der Waals surface area contributed by atoms with E-state index in [-0.39, 0.29) is 5.56 Å². The number of carbonyl (C=O) groups is 2. The van der Waals surface area contributed by atoms with Crippen LogP contribution in [0.5, 0.6) is 5.75 Å². The molecule has 0 aliphatic carbocycles. The minimum atomic E-state index is -0.761. The molecule has 2 amide bonds. The molecule has 3 aromatic rings. The van der Waals surface area contributed by atoms with E-state index >= 15 is 0 Å². The number of hydrogen-bond donors (Lipinski definition) is 3. The molecule has 174 valence electrons. The number of amides is 2. The van der Waals surface area contributed by atoms with Gasteiger partial charge in [0.05, 0.1) is 17.6 Å². The molecule has 0 saturated heterocycles. The lowest BCUT2D eigenvalue weighted by atomic mass is 10.2. The van der Waals surface area contributed by atoms with Gasteiger partial charge >= 0.3 is 11.1 Å². The zero-order valence-electron chi connectivity index (χ0n) is 18.8. The van der Waals surface area contributed by atoms with Crippen LogP contribution in [0.2, 0.25) is 0 Å². The van der Waals surface area contributed by atoms with Gasteiger partial charge in [-0.05, 0) is 55.8 Å². The Balaban J connectivity index is 1.59. The molecule has 3 rings (SSSR count). The smallest absolute Gasteiger partial charge is 0.316 e. The molecule has 1 aromatic heterocycles. The first-order chi connectivity index (χ1) is 15.9. The van der Waals surface area contributed by atoms with Crippen molar-refractivity contribution in [3.8, 4) is 5.75 Å². The highest BCUT2D eigenvalue weighted by Crippen LogP contribution is 2.14. The Hall–Kier alpha value is -3.88. The third-order valence-electron chi connectivity index (χ3n) is 5.23. The molecule has 0 spiro atoms. The van der Waals surface area contributed by atoms with Crippen LogP contribution in [0.1, 0.15) is 60.2 Å². The molecule has 9 nitrogen and oxygen atoms in total. The van der Waals surface area contributed by atoms with Crippen LogP contribution in [0, 0.1) is 0 Å². The predicted octanol–water partition coefficient (Wildman–Crippen LogP) is 2.74. The van der Waals surface area contributed by atoms with Crippen LogP contribution in [-0.2, 0) is 6.54 Å². The van der Waals surface area contributed by atoms with E-state index in [0.717, 1.165) is 12.8 Å². The summed E-state index contributed by atoms with van der Waals surface area (Å²) in [7, 11) is 0. The zero-order valence-corrected chi connectivity index (χ0v) is 18.8. The fourth-order valence-corrected chi connectivity index (χ4v) is 3.41. The molecule has 1 heterocycles. The topological polar surface area (TPSA) is 122 Å². The third-order valence-corrected chi connectivity index (χ3v) is 5.23. The summed E-state index contributed by atoms with van der Waals surface area (Å²) in [6.45, 7) is 4.86. The summed E-state index contributed by atoms with van der Waals surface area (Å²) in [5.41, 5.74) is 4.75. The minimum Gasteiger partial charge on any atom is -0.494 e. The number of aromatic nitrogens is 2. The fraction of sp³-hybridized carbons (Fsp3) is 0.333. The summed E-state index contributed by atoms with van der Waals surface area (Å²) in [6, 6.07) is 11.2. The first-order valence-corrected chi connectivity index (χ1v) is 11.0. The summed E-state index contributed by atoms with van der Waals surface area (Å²) in [6.07, 6.45) is 4.47. The first-order valence-electron chi connectivity index (χ1n) is 11.0. The van der Waals surface area contributed by atoms with Gasteiger partial charge in [0.2, 0.25) is 0 Å². The number of aromatic amines is 1. The lowest BCUT2D eigenvalue weighted by Gasteiger charge is -2.10. The zero-order chi connectivity index (χ0) is 23.8. The van der Waals surface area contributed by atoms with Gasteiger partial charge < -0.3 is 14.3 Å². The molecule has 3 N–H and O–H groups in total. The third kappa shape index (κ3) is 5.88. The molecule has 0 atom stereocenters.